The highest BCUT2D eigenvalue weighted by Gasteiger charge is 2.24. The topological polar surface area (TPSA) is 112 Å². The van der Waals surface area contributed by atoms with Gasteiger partial charge in [0.25, 0.3) is 5.56 Å². The number of rotatable bonds is 6. The zero-order valence-electron chi connectivity index (χ0n) is 14.7. The molecule has 2 aromatic heterocycles. The van der Waals surface area contributed by atoms with Gasteiger partial charge in [0.2, 0.25) is 5.91 Å². The lowest BCUT2D eigenvalue weighted by Gasteiger charge is -2.18. The maximum atomic E-state index is 12.6. The number of aromatic nitrogens is 2. The summed E-state index contributed by atoms with van der Waals surface area (Å²) in [5.74, 6) is -0.615. The minimum Gasteiger partial charge on any atom is -0.370 e. The number of carbonyl (C=O) groups excluding carboxylic acids is 1. The maximum Gasteiger partial charge on any atom is 0.252 e. The molecule has 1 aromatic carbocycles. The first-order valence-electron chi connectivity index (χ1n) is 8.30. The van der Waals surface area contributed by atoms with Gasteiger partial charge in [0.1, 0.15) is 5.37 Å². The number of sulfone groups is 1. The first-order valence-corrected chi connectivity index (χ1v) is 10.3. The number of hydrogen-bond acceptors (Lipinski definition) is 5. The molecule has 1 amide bonds. The van der Waals surface area contributed by atoms with Crippen LogP contribution in [0.4, 0.5) is 0 Å². The predicted molar refractivity (Wildman–Crippen MR) is 104 cm³/mol. The van der Waals surface area contributed by atoms with E-state index in [4.69, 9.17) is 5.73 Å². The van der Waals surface area contributed by atoms with Gasteiger partial charge < -0.3 is 5.73 Å². The van der Waals surface area contributed by atoms with E-state index in [2.05, 4.69) is 4.98 Å². The van der Waals surface area contributed by atoms with Gasteiger partial charge in [0.05, 0.1) is 5.52 Å². The van der Waals surface area contributed by atoms with Gasteiger partial charge in [-0.05, 0) is 30.2 Å². The molecule has 2 heterocycles. The second-order valence-electron chi connectivity index (χ2n) is 6.37. The molecule has 0 saturated carbocycles. The number of nitrogens with two attached hydrogens (primary N) is 1. The van der Waals surface area contributed by atoms with Crippen molar-refractivity contribution in [2.24, 2.45) is 5.73 Å². The summed E-state index contributed by atoms with van der Waals surface area (Å²) in [6.07, 6.45) is 3.96. The summed E-state index contributed by atoms with van der Waals surface area (Å²) in [7, 11) is -3.60. The van der Waals surface area contributed by atoms with Gasteiger partial charge in [-0.2, -0.15) is 0 Å². The molecule has 1 atom stereocenters. The van der Waals surface area contributed by atoms with Crippen LogP contribution in [0.25, 0.3) is 22.0 Å². The Bertz CT molecular complexity index is 1170. The van der Waals surface area contributed by atoms with Crippen molar-refractivity contribution < 1.29 is 13.2 Å². The molecule has 0 aliphatic rings. The molecule has 8 heteroatoms. The Labute approximate surface area is 156 Å². The summed E-state index contributed by atoms with van der Waals surface area (Å²) in [6, 6.07) is 12.6. The molecule has 3 rings (SSSR count). The molecule has 0 spiro atoms. The molecule has 1 unspecified atom stereocenters. The third-order valence-corrected chi connectivity index (χ3v) is 5.77. The summed E-state index contributed by atoms with van der Waals surface area (Å²) in [4.78, 5) is 28.0. The van der Waals surface area contributed by atoms with Crippen LogP contribution in [0.3, 0.4) is 0 Å². The smallest absolute Gasteiger partial charge is 0.252 e. The lowest BCUT2D eigenvalue weighted by molar-refractivity contribution is -0.118. The van der Waals surface area contributed by atoms with Gasteiger partial charge in [0, 0.05) is 42.1 Å². The van der Waals surface area contributed by atoms with E-state index >= 15 is 0 Å². The van der Waals surface area contributed by atoms with Gasteiger partial charge in [-0.15, -0.1) is 0 Å². The highest BCUT2D eigenvalue weighted by atomic mass is 32.2. The Kier molecular flexibility index (Phi) is 5.09. The van der Waals surface area contributed by atoms with Crippen molar-refractivity contribution in [3.63, 3.8) is 0 Å². The van der Waals surface area contributed by atoms with Crippen LogP contribution < -0.4 is 11.3 Å². The number of amides is 1. The van der Waals surface area contributed by atoms with Crippen LogP contribution in [-0.2, 0) is 14.6 Å². The van der Waals surface area contributed by atoms with E-state index in [-0.39, 0.29) is 12.8 Å². The van der Waals surface area contributed by atoms with Crippen molar-refractivity contribution in [3.8, 4) is 11.1 Å². The Balaban J connectivity index is 2.00. The van der Waals surface area contributed by atoms with Crippen LogP contribution in [0.2, 0.25) is 0 Å². The molecule has 27 heavy (non-hydrogen) atoms. The number of primary amides is 1. The van der Waals surface area contributed by atoms with Gasteiger partial charge in [-0.1, -0.05) is 18.2 Å². The minimum atomic E-state index is -3.60. The minimum absolute atomic E-state index is 0.0506. The van der Waals surface area contributed by atoms with Gasteiger partial charge >= 0.3 is 0 Å². The number of carbonyl (C=O) groups is 1. The zero-order chi connectivity index (χ0) is 19.6. The van der Waals surface area contributed by atoms with Crippen molar-refractivity contribution in [3.05, 3.63) is 65.2 Å². The van der Waals surface area contributed by atoms with E-state index in [9.17, 15) is 18.0 Å². The van der Waals surface area contributed by atoms with Crippen LogP contribution in [0.5, 0.6) is 0 Å². The van der Waals surface area contributed by atoms with Crippen molar-refractivity contribution in [1.29, 1.82) is 0 Å². The van der Waals surface area contributed by atoms with E-state index in [1.807, 2.05) is 30.3 Å². The highest BCUT2D eigenvalue weighted by Crippen LogP contribution is 2.23. The number of fused-ring (bicyclic) bond motifs is 1. The molecular weight excluding hydrogens is 366 g/mol. The van der Waals surface area contributed by atoms with Crippen molar-refractivity contribution in [1.82, 2.24) is 9.55 Å². The molecule has 0 bridgehead atoms. The van der Waals surface area contributed by atoms with Crippen LogP contribution in [0.15, 0.2) is 59.7 Å². The second-order valence-corrected chi connectivity index (χ2v) is 8.57. The summed E-state index contributed by atoms with van der Waals surface area (Å²) >= 11 is 0. The monoisotopic (exact) mass is 385 g/mol. The number of pyridine rings is 2. The Hall–Kier alpha value is -3.00. The molecule has 2 N–H and O–H groups in total. The second kappa shape index (κ2) is 7.32. The van der Waals surface area contributed by atoms with Crippen LogP contribution >= 0.6 is 0 Å². The average molecular weight is 385 g/mol. The molecule has 0 aliphatic heterocycles. The van der Waals surface area contributed by atoms with Gasteiger partial charge in [-0.3, -0.25) is 19.1 Å². The van der Waals surface area contributed by atoms with E-state index in [0.717, 1.165) is 27.3 Å². The molecule has 0 saturated heterocycles. The summed E-state index contributed by atoms with van der Waals surface area (Å²) in [5, 5.41) is -0.198. The van der Waals surface area contributed by atoms with Crippen LogP contribution in [0.1, 0.15) is 18.2 Å². The zero-order valence-corrected chi connectivity index (χ0v) is 15.5. The Morgan fingerprint density at radius 2 is 1.93 bits per heavy atom. The molecule has 0 fully saturated rings. The molecular formula is C19H19N3O4S. The van der Waals surface area contributed by atoms with E-state index in [1.54, 1.807) is 12.3 Å². The molecule has 140 valence electrons. The standard InChI is InChI=1S/C19H19N3O4S/c1-27(25,26)19(7-6-17(20)23)22-9-8-13(11-18(22)24)15-10-14-4-2-3-5-16(14)21-12-15/h2-5,8-12,19H,6-7H2,1H3,(H2,20,23). The lowest BCUT2D eigenvalue weighted by atomic mass is 10.1. The fourth-order valence-electron chi connectivity index (χ4n) is 2.96. The van der Waals surface area contributed by atoms with E-state index in [0.29, 0.717) is 5.56 Å². The van der Waals surface area contributed by atoms with E-state index in [1.165, 1.54) is 12.3 Å². The van der Waals surface area contributed by atoms with Gasteiger partial charge in [0.15, 0.2) is 9.84 Å². The summed E-state index contributed by atoms with van der Waals surface area (Å²) < 4.78 is 25.3. The molecule has 7 nitrogen and oxygen atoms in total. The number of benzene rings is 1. The third-order valence-electron chi connectivity index (χ3n) is 4.31. The maximum absolute atomic E-state index is 12.6. The van der Waals surface area contributed by atoms with Crippen molar-refractivity contribution in [2.45, 2.75) is 18.2 Å². The van der Waals surface area contributed by atoms with Crippen molar-refractivity contribution in [2.75, 3.05) is 6.26 Å². The van der Waals surface area contributed by atoms with E-state index < -0.39 is 26.7 Å². The van der Waals surface area contributed by atoms with Gasteiger partial charge in [-0.25, -0.2) is 8.42 Å². The van der Waals surface area contributed by atoms with Crippen LogP contribution in [-0.4, -0.2) is 30.1 Å². The predicted octanol–water partition coefficient (Wildman–Crippen LogP) is 1.87. The van der Waals surface area contributed by atoms with Crippen molar-refractivity contribution >= 4 is 26.6 Å². The normalized spacial score (nSPS) is 12.8. The quantitative estimate of drug-likeness (QED) is 0.696. The highest BCUT2D eigenvalue weighted by molar-refractivity contribution is 7.90. The number of hydrogen-bond donors (Lipinski definition) is 1. The fourth-order valence-corrected chi connectivity index (χ4v) is 4.09. The summed E-state index contributed by atoms with van der Waals surface area (Å²) in [5.41, 5.74) is 6.88. The molecule has 0 aliphatic carbocycles. The first-order chi connectivity index (χ1) is 12.8. The number of para-hydroxylation sites is 1. The van der Waals surface area contributed by atoms with Crippen LogP contribution in [0, 0.1) is 0 Å². The first kappa shape index (κ1) is 18.8. The SMILES string of the molecule is CS(=O)(=O)C(CCC(N)=O)n1ccc(-c2cnc3ccccc3c2)cc1=O. The largest absolute Gasteiger partial charge is 0.370 e. The molecule has 0 radical (unpaired) electrons. The third kappa shape index (κ3) is 4.22. The number of nitrogens with zero attached hydrogens (tertiary/aromatic N) is 2. The summed E-state index contributed by atoms with van der Waals surface area (Å²) in [6.45, 7) is 0. The lowest BCUT2D eigenvalue weighted by Crippen LogP contribution is -2.29. The molecule has 3 aromatic rings. The Morgan fingerprint density at radius 3 is 2.59 bits per heavy atom. The Morgan fingerprint density at radius 1 is 1.19 bits per heavy atom. The fraction of sp³-hybridized carbons (Fsp3) is 0.211. The average Bonchev–Trinajstić information content (AvgIpc) is 2.61.